The number of benzene rings is 2. The Morgan fingerprint density at radius 1 is 0.962 bits per heavy atom. The largest absolute Gasteiger partial charge is 0.340 e. The van der Waals surface area contributed by atoms with Crippen LogP contribution in [-0.4, -0.2) is 28.5 Å². The van der Waals surface area contributed by atoms with Crippen molar-refractivity contribution in [1.82, 2.24) is 9.47 Å². The van der Waals surface area contributed by atoms with Crippen molar-refractivity contribution in [2.24, 2.45) is 0 Å². The number of hydrogen-bond donors (Lipinski definition) is 0. The summed E-state index contributed by atoms with van der Waals surface area (Å²) < 4.78 is 2.36. The number of hydrogen-bond acceptors (Lipinski definition) is 1. The smallest absolute Gasteiger partial charge is 0.253 e. The Morgan fingerprint density at radius 3 is 2.42 bits per heavy atom. The van der Waals surface area contributed by atoms with E-state index in [-0.39, 0.29) is 5.91 Å². The lowest BCUT2D eigenvalue weighted by Crippen LogP contribution is -2.35. The quantitative estimate of drug-likeness (QED) is 0.660. The monoisotopic (exact) mass is 346 g/mol. The fourth-order valence-electron chi connectivity index (χ4n) is 4.03. The Labute approximate surface area is 155 Å². The molecule has 26 heavy (non-hydrogen) atoms. The summed E-state index contributed by atoms with van der Waals surface area (Å²) in [5.74, 6) is 0.180. The predicted molar refractivity (Wildman–Crippen MR) is 107 cm³/mol. The summed E-state index contributed by atoms with van der Waals surface area (Å²) >= 11 is 0. The number of carbonyl (C=O) groups excluding carboxylic acids is 1. The van der Waals surface area contributed by atoms with E-state index >= 15 is 0 Å². The third-order valence-electron chi connectivity index (χ3n) is 5.71. The van der Waals surface area contributed by atoms with E-state index in [1.165, 1.54) is 34.1 Å². The van der Waals surface area contributed by atoms with Gasteiger partial charge in [-0.25, -0.2) is 0 Å². The zero-order valence-electron chi connectivity index (χ0n) is 15.7. The molecule has 3 aromatic rings. The van der Waals surface area contributed by atoms with E-state index < -0.39 is 0 Å². The number of likely N-dealkylation sites (tertiary alicyclic amines) is 1. The number of rotatable bonds is 3. The van der Waals surface area contributed by atoms with Crippen LogP contribution < -0.4 is 0 Å². The van der Waals surface area contributed by atoms with E-state index in [2.05, 4.69) is 54.8 Å². The maximum atomic E-state index is 12.9. The van der Waals surface area contributed by atoms with Gasteiger partial charge in [-0.15, -0.1) is 0 Å². The van der Waals surface area contributed by atoms with Gasteiger partial charge in [0.1, 0.15) is 0 Å². The first-order valence-corrected chi connectivity index (χ1v) is 9.58. The molecule has 1 saturated heterocycles. The second-order valence-corrected chi connectivity index (χ2v) is 7.37. The molecule has 1 amide bonds. The molecule has 2 aromatic carbocycles. The molecule has 0 N–H and O–H groups in total. The lowest BCUT2D eigenvalue weighted by atomic mass is 10.1. The van der Waals surface area contributed by atoms with Gasteiger partial charge in [0.15, 0.2) is 0 Å². The van der Waals surface area contributed by atoms with Crippen molar-refractivity contribution in [3.63, 3.8) is 0 Å². The summed E-state index contributed by atoms with van der Waals surface area (Å²) in [7, 11) is 0. The number of aryl methyl sites for hydroxylation is 1. The summed E-state index contributed by atoms with van der Waals surface area (Å²) in [6.45, 7) is 6.98. The Morgan fingerprint density at radius 2 is 1.69 bits per heavy atom. The summed E-state index contributed by atoms with van der Waals surface area (Å²) in [5, 5.41) is 1.20. The van der Waals surface area contributed by atoms with Crippen LogP contribution in [-0.2, 0) is 6.54 Å². The third kappa shape index (κ3) is 3.03. The zero-order chi connectivity index (χ0) is 18.1. The number of amides is 1. The number of carbonyl (C=O) groups is 1. The molecule has 0 bridgehead atoms. The van der Waals surface area contributed by atoms with Crippen molar-refractivity contribution in [2.45, 2.75) is 39.7 Å². The van der Waals surface area contributed by atoms with Crippen molar-refractivity contribution < 1.29 is 4.79 Å². The molecule has 3 nitrogen and oxygen atoms in total. The van der Waals surface area contributed by atoms with Crippen LogP contribution in [0.3, 0.4) is 0 Å². The molecule has 1 fully saturated rings. The topological polar surface area (TPSA) is 25.2 Å². The highest BCUT2D eigenvalue weighted by Crippen LogP contribution is 2.28. The van der Waals surface area contributed by atoms with E-state index in [1.54, 1.807) is 0 Å². The molecular weight excluding hydrogens is 320 g/mol. The molecule has 1 aliphatic rings. The van der Waals surface area contributed by atoms with Gasteiger partial charge in [-0.2, -0.15) is 0 Å². The summed E-state index contributed by atoms with van der Waals surface area (Å²) in [6.07, 6.45) is 3.49. The highest BCUT2D eigenvalue weighted by Gasteiger charge is 2.20. The minimum atomic E-state index is 0.180. The summed E-state index contributed by atoms with van der Waals surface area (Å²) in [4.78, 5) is 14.9. The highest BCUT2D eigenvalue weighted by atomic mass is 16.2. The van der Waals surface area contributed by atoms with E-state index in [1.807, 2.05) is 17.0 Å². The average molecular weight is 346 g/mol. The van der Waals surface area contributed by atoms with E-state index in [0.717, 1.165) is 38.0 Å². The zero-order valence-corrected chi connectivity index (χ0v) is 15.7. The highest BCUT2D eigenvalue weighted by molar-refractivity contribution is 5.99. The molecule has 3 heteroatoms. The molecular formula is C23H26N2O. The number of piperidine rings is 1. The Kier molecular flexibility index (Phi) is 4.54. The van der Waals surface area contributed by atoms with Crippen LogP contribution in [0.5, 0.6) is 0 Å². The average Bonchev–Trinajstić information content (AvgIpc) is 2.93. The van der Waals surface area contributed by atoms with Crippen molar-refractivity contribution >= 4 is 16.8 Å². The minimum absolute atomic E-state index is 0.180. The van der Waals surface area contributed by atoms with Crippen LogP contribution in [0.4, 0.5) is 0 Å². The summed E-state index contributed by atoms with van der Waals surface area (Å²) in [5.41, 5.74) is 5.86. The SMILES string of the molecule is Cc1c(C)n(Cc2ccccc2)c2ccc(C(=O)N3CCCCC3)cc12. The van der Waals surface area contributed by atoms with Crippen molar-refractivity contribution in [2.75, 3.05) is 13.1 Å². The van der Waals surface area contributed by atoms with Crippen molar-refractivity contribution in [3.05, 3.63) is 70.9 Å². The lowest BCUT2D eigenvalue weighted by Gasteiger charge is -2.26. The first-order valence-electron chi connectivity index (χ1n) is 9.58. The first-order chi connectivity index (χ1) is 12.6. The van der Waals surface area contributed by atoms with Gasteiger partial charge in [-0.3, -0.25) is 4.79 Å². The second kappa shape index (κ2) is 6.99. The normalized spacial score (nSPS) is 14.8. The molecule has 0 radical (unpaired) electrons. The van der Waals surface area contributed by atoms with Gasteiger partial charge >= 0.3 is 0 Å². The van der Waals surface area contributed by atoms with Crippen LogP contribution >= 0.6 is 0 Å². The Bertz CT molecular complexity index is 934. The molecule has 0 aliphatic carbocycles. The molecule has 134 valence electrons. The van der Waals surface area contributed by atoms with Crippen molar-refractivity contribution in [3.8, 4) is 0 Å². The Balaban J connectivity index is 1.70. The predicted octanol–water partition coefficient (Wildman–Crippen LogP) is 4.93. The molecule has 0 saturated carbocycles. The van der Waals surface area contributed by atoms with Crippen LogP contribution in [0.25, 0.3) is 10.9 Å². The van der Waals surface area contributed by atoms with E-state index in [9.17, 15) is 4.79 Å². The van der Waals surface area contributed by atoms with Gasteiger partial charge < -0.3 is 9.47 Å². The molecule has 0 unspecified atom stereocenters. The van der Waals surface area contributed by atoms with Gasteiger partial charge in [0.05, 0.1) is 0 Å². The minimum Gasteiger partial charge on any atom is -0.340 e. The lowest BCUT2D eigenvalue weighted by molar-refractivity contribution is 0.0724. The third-order valence-corrected chi connectivity index (χ3v) is 5.71. The number of fused-ring (bicyclic) bond motifs is 1. The maximum Gasteiger partial charge on any atom is 0.253 e. The van der Waals surface area contributed by atoms with Gasteiger partial charge in [-0.1, -0.05) is 30.3 Å². The second-order valence-electron chi connectivity index (χ2n) is 7.37. The van der Waals surface area contributed by atoms with E-state index in [4.69, 9.17) is 0 Å². The van der Waals surface area contributed by atoms with Gasteiger partial charge in [0.2, 0.25) is 0 Å². The van der Waals surface area contributed by atoms with Crippen LogP contribution in [0.2, 0.25) is 0 Å². The van der Waals surface area contributed by atoms with Gasteiger partial charge in [-0.05, 0) is 62.4 Å². The molecule has 0 atom stereocenters. The van der Waals surface area contributed by atoms with E-state index in [0.29, 0.717) is 0 Å². The fourth-order valence-corrected chi connectivity index (χ4v) is 4.03. The standard InChI is InChI=1S/C23H26N2O/c1-17-18(2)25(16-19-9-5-3-6-10-19)22-12-11-20(15-21(17)22)23(26)24-13-7-4-8-14-24/h3,5-6,9-12,15H,4,7-8,13-14,16H2,1-2H3. The number of nitrogens with zero attached hydrogens (tertiary/aromatic N) is 2. The van der Waals surface area contributed by atoms with Gasteiger partial charge in [0.25, 0.3) is 5.91 Å². The molecule has 1 aromatic heterocycles. The van der Waals surface area contributed by atoms with Crippen molar-refractivity contribution in [1.29, 1.82) is 0 Å². The number of aromatic nitrogens is 1. The van der Waals surface area contributed by atoms with Crippen LogP contribution in [0.1, 0.15) is 46.4 Å². The molecule has 2 heterocycles. The fraction of sp³-hybridized carbons (Fsp3) is 0.348. The maximum absolute atomic E-state index is 12.9. The molecule has 1 aliphatic heterocycles. The molecule has 0 spiro atoms. The van der Waals surface area contributed by atoms with Crippen LogP contribution in [0, 0.1) is 13.8 Å². The molecule has 4 rings (SSSR count). The first kappa shape index (κ1) is 16.9. The van der Waals surface area contributed by atoms with Crippen LogP contribution in [0.15, 0.2) is 48.5 Å². The summed E-state index contributed by atoms with van der Waals surface area (Å²) in [6, 6.07) is 16.7. The Hall–Kier alpha value is -2.55. The van der Waals surface area contributed by atoms with Gasteiger partial charge in [0, 0.05) is 41.8 Å².